The van der Waals surface area contributed by atoms with E-state index >= 15 is 0 Å². The van der Waals surface area contributed by atoms with Crippen LogP contribution in [0.1, 0.15) is 17.2 Å². The number of hydrogen-bond acceptors (Lipinski definition) is 4. The van der Waals surface area contributed by atoms with Crippen molar-refractivity contribution in [3.63, 3.8) is 0 Å². The Labute approximate surface area is 105 Å². The molecule has 0 amide bonds. The average molecular weight is 267 g/mol. The summed E-state index contributed by atoms with van der Waals surface area (Å²) in [5.74, 6) is 0. The quantitative estimate of drug-likeness (QED) is 0.927. The Morgan fingerprint density at radius 3 is 2.24 bits per heavy atom. The van der Waals surface area contributed by atoms with Crippen LogP contribution in [0.25, 0.3) is 0 Å². The van der Waals surface area contributed by atoms with Gasteiger partial charge in [0.25, 0.3) is 0 Å². The first-order valence-electron chi connectivity index (χ1n) is 5.06. The van der Waals surface area contributed by atoms with Gasteiger partial charge in [0.2, 0.25) is 0 Å². The summed E-state index contributed by atoms with van der Waals surface area (Å²) in [6, 6.07) is 8.49. The Kier molecular flexibility index (Phi) is 3.33. The lowest BCUT2D eigenvalue weighted by Crippen LogP contribution is -2.11. The standard InChI is InChI=1S/C12H13NO2S2/c1-17(14,15)11-4-2-9(3-5-11)12(13)10-6-7-16-8-10/h2-8,12H,13H2,1H3/t12-/m0/s1. The van der Waals surface area contributed by atoms with Gasteiger partial charge in [0, 0.05) is 6.26 Å². The SMILES string of the molecule is CS(=O)(=O)c1ccc([C@H](N)c2ccsc2)cc1. The van der Waals surface area contributed by atoms with Gasteiger partial charge in [-0.1, -0.05) is 12.1 Å². The molecule has 0 unspecified atom stereocenters. The third-order valence-electron chi connectivity index (χ3n) is 2.57. The Morgan fingerprint density at radius 2 is 1.76 bits per heavy atom. The van der Waals surface area contributed by atoms with Gasteiger partial charge >= 0.3 is 0 Å². The smallest absolute Gasteiger partial charge is 0.175 e. The molecule has 1 aromatic heterocycles. The van der Waals surface area contributed by atoms with Crippen LogP contribution in [0.2, 0.25) is 0 Å². The number of sulfone groups is 1. The molecular weight excluding hydrogens is 254 g/mol. The maximum atomic E-state index is 11.3. The molecule has 0 aliphatic heterocycles. The Balaban J connectivity index is 2.30. The molecule has 1 aromatic carbocycles. The summed E-state index contributed by atoms with van der Waals surface area (Å²) >= 11 is 1.59. The molecule has 0 fully saturated rings. The molecule has 2 aromatic rings. The topological polar surface area (TPSA) is 60.2 Å². The Bertz CT molecular complexity index is 586. The zero-order chi connectivity index (χ0) is 12.5. The van der Waals surface area contributed by atoms with E-state index in [9.17, 15) is 8.42 Å². The molecule has 0 saturated carbocycles. The molecule has 0 aliphatic rings. The number of thiophene rings is 1. The molecule has 0 saturated heterocycles. The first kappa shape index (κ1) is 12.3. The second kappa shape index (κ2) is 4.60. The third-order valence-corrected chi connectivity index (χ3v) is 4.40. The summed E-state index contributed by atoms with van der Waals surface area (Å²) in [7, 11) is -3.14. The minimum absolute atomic E-state index is 0.199. The van der Waals surface area contributed by atoms with Crippen molar-refractivity contribution in [2.24, 2.45) is 5.73 Å². The molecule has 0 aliphatic carbocycles. The van der Waals surface area contributed by atoms with Gasteiger partial charge in [0.05, 0.1) is 10.9 Å². The zero-order valence-corrected chi connectivity index (χ0v) is 11.0. The summed E-state index contributed by atoms with van der Waals surface area (Å²) in [4.78, 5) is 0.318. The normalized spacial score (nSPS) is 13.5. The molecular formula is C12H13NO2S2. The van der Waals surface area contributed by atoms with Crippen molar-refractivity contribution in [1.29, 1.82) is 0 Å². The number of rotatable bonds is 3. The van der Waals surface area contributed by atoms with E-state index in [4.69, 9.17) is 5.73 Å². The minimum Gasteiger partial charge on any atom is -0.320 e. The molecule has 1 heterocycles. The maximum Gasteiger partial charge on any atom is 0.175 e. The lowest BCUT2D eigenvalue weighted by Gasteiger charge is -2.10. The predicted molar refractivity (Wildman–Crippen MR) is 69.9 cm³/mol. The Morgan fingerprint density at radius 1 is 1.12 bits per heavy atom. The van der Waals surface area contributed by atoms with Gasteiger partial charge in [0.15, 0.2) is 9.84 Å². The van der Waals surface area contributed by atoms with Crippen molar-refractivity contribution >= 4 is 21.2 Å². The molecule has 17 heavy (non-hydrogen) atoms. The summed E-state index contributed by atoms with van der Waals surface area (Å²) < 4.78 is 22.6. The van der Waals surface area contributed by atoms with E-state index in [-0.39, 0.29) is 6.04 Å². The predicted octanol–water partition coefficient (Wildman–Crippen LogP) is 2.20. The highest BCUT2D eigenvalue weighted by Crippen LogP contribution is 2.22. The highest BCUT2D eigenvalue weighted by Gasteiger charge is 2.11. The third kappa shape index (κ3) is 2.74. The Hall–Kier alpha value is -1.17. The van der Waals surface area contributed by atoms with Gasteiger partial charge in [-0.25, -0.2) is 8.42 Å². The van der Waals surface area contributed by atoms with E-state index in [1.54, 1.807) is 35.6 Å². The first-order chi connectivity index (χ1) is 7.98. The minimum atomic E-state index is -3.14. The molecule has 0 radical (unpaired) electrons. The summed E-state index contributed by atoms with van der Waals surface area (Å²) in [6.07, 6.45) is 1.20. The fourth-order valence-electron chi connectivity index (χ4n) is 1.57. The fourth-order valence-corrected chi connectivity index (χ4v) is 2.89. The molecule has 0 spiro atoms. The molecule has 5 heteroatoms. The monoisotopic (exact) mass is 267 g/mol. The summed E-state index contributed by atoms with van der Waals surface area (Å²) in [6.45, 7) is 0. The van der Waals surface area contributed by atoms with Crippen molar-refractivity contribution in [2.75, 3.05) is 6.26 Å². The van der Waals surface area contributed by atoms with Crippen LogP contribution in [0.3, 0.4) is 0 Å². The highest BCUT2D eigenvalue weighted by molar-refractivity contribution is 7.90. The van der Waals surface area contributed by atoms with Crippen molar-refractivity contribution in [1.82, 2.24) is 0 Å². The zero-order valence-electron chi connectivity index (χ0n) is 9.33. The van der Waals surface area contributed by atoms with Gasteiger partial charge in [-0.05, 0) is 40.1 Å². The van der Waals surface area contributed by atoms with Crippen LogP contribution < -0.4 is 5.73 Å². The van der Waals surface area contributed by atoms with Crippen molar-refractivity contribution in [2.45, 2.75) is 10.9 Å². The van der Waals surface area contributed by atoms with E-state index in [2.05, 4.69) is 0 Å². The van der Waals surface area contributed by atoms with Gasteiger partial charge in [0.1, 0.15) is 0 Å². The molecule has 90 valence electrons. The van der Waals surface area contributed by atoms with Crippen LogP contribution in [0, 0.1) is 0 Å². The number of hydrogen-bond donors (Lipinski definition) is 1. The molecule has 1 atom stereocenters. The van der Waals surface area contributed by atoms with Crippen molar-refractivity contribution < 1.29 is 8.42 Å². The maximum absolute atomic E-state index is 11.3. The van der Waals surface area contributed by atoms with E-state index in [1.165, 1.54) is 6.26 Å². The molecule has 3 nitrogen and oxygen atoms in total. The van der Waals surface area contributed by atoms with Crippen LogP contribution in [0.5, 0.6) is 0 Å². The van der Waals surface area contributed by atoms with Gasteiger partial charge in [-0.3, -0.25) is 0 Å². The van der Waals surface area contributed by atoms with E-state index in [1.807, 2.05) is 16.8 Å². The fraction of sp³-hybridized carbons (Fsp3) is 0.167. The second-order valence-electron chi connectivity index (χ2n) is 3.88. The molecule has 2 N–H and O–H groups in total. The molecule has 2 rings (SSSR count). The van der Waals surface area contributed by atoms with Crippen LogP contribution in [0.15, 0.2) is 46.0 Å². The number of benzene rings is 1. The van der Waals surface area contributed by atoms with Crippen LogP contribution in [0.4, 0.5) is 0 Å². The van der Waals surface area contributed by atoms with Gasteiger partial charge in [-0.15, -0.1) is 0 Å². The van der Waals surface area contributed by atoms with Crippen molar-refractivity contribution in [3.8, 4) is 0 Å². The van der Waals surface area contributed by atoms with Crippen LogP contribution in [-0.2, 0) is 9.84 Å². The second-order valence-corrected chi connectivity index (χ2v) is 6.67. The van der Waals surface area contributed by atoms with E-state index in [0.717, 1.165) is 11.1 Å². The highest BCUT2D eigenvalue weighted by atomic mass is 32.2. The largest absolute Gasteiger partial charge is 0.320 e. The summed E-state index contributed by atoms with van der Waals surface area (Å²) in [5.41, 5.74) is 8.03. The average Bonchev–Trinajstić information content (AvgIpc) is 2.80. The lowest BCUT2D eigenvalue weighted by atomic mass is 10.0. The summed E-state index contributed by atoms with van der Waals surface area (Å²) in [5, 5.41) is 3.97. The first-order valence-corrected chi connectivity index (χ1v) is 7.89. The van der Waals surface area contributed by atoms with Crippen molar-refractivity contribution in [3.05, 3.63) is 52.2 Å². The molecule has 0 bridgehead atoms. The van der Waals surface area contributed by atoms with Crippen LogP contribution in [-0.4, -0.2) is 14.7 Å². The van der Waals surface area contributed by atoms with Gasteiger partial charge in [-0.2, -0.15) is 11.3 Å². The lowest BCUT2D eigenvalue weighted by molar-refractivity contribution is 0.602. The van der Waals surface area contributed by atoms with E-state index < -0.39 is 9.84 Å². The van der Waals surface area contributed by atoms with Gasteiger partial charge < -0.3 is 5.73 Å². The van der Waals surface area contributed by atoms with E-state index in [0.29, 0.717) is 4.90 Å². The van der Waals surface area contributed by atoms with Crippen LogP contribution >= 0.6 is 11.3 Å². The number of nitrogens with two attached hydrogens (primary N) is 1.